The third-order valence-electron chi connectivity index (χ3n) is 1.93. The summed E-state index contributed by atoms with van der Waals surface area (Å²) in [7, 11) is 1.58. The number of anilines is 1. The summed E-state index contributed by atoms with van der Waals surface area (Å²) < 4.78 is 10.9. The van der Waals surface area contributed by atoms with Gasteiger partial charge in [0.25, 0.3) is 0 Å². The third kappa shape index (κ3) is 4.72. The number of amides is 1. The van der Waals surface area contributed by atoms with Crippen molar-refractivity contribution in [1.82, 2.24) is 0 Å². The highest BCUT2D eigenvalue weighted by Gasteiger charge is 2.05. The smallest absolute Gasteiger partial charge is 0.250 e. The van der Waals surface area contributed by atoms with Gasteiger partial charge >= 0.3 is 0 Å². The standard InChI is InChI=1S/C11H15BrN2O3/c1-16-10-3-2-8(6-9(10)12)14-11(15)7-17-5-4-13/h2-3,6H,4-5,7,13H2,1H3,(H,14,15). The zero-order valence-electron chi connectivity index (χ0n) is 9.53. The molecule has 0 fully saturated rings. The average Bonchev–Trinajstić information content (AvgIpc) is 2.29. The second kappa shape index (κ2) is 7.26. The highest BCUT2D eigenvalue weighted by atomic mass is 79.9. The number of nitrogens with one attached hydrogen (secondary N) is 1. The number of nitrogens with two attached hydrogens (primary N) is 1. The van der Waals surface area contributed by atoms with Gasteiger partial charge in [0.2, 0.25) is 5.91 Å². The molecule has 17 heavy (non-hydrogen) atoms. The van der Waals surface area contributed by atoms with Gasteiger partial charge in [-0.1, -0.05) is 0 Å². The number of halogens is 1. The topological polar surface area (TPSA) is 73.6 Å². The molecule has 1 aromatic carbocycles. The van der Waals surface area contributed by atoms with Crippen molar-refractivity contribution < 1.29 is 14.3 Å². The van der Waals surface area contributed by atoms with Crippen LogP contribution in [0.15, 0.2) is 22.7 Å². The van der Waals surface area contributed by atoms with E-state index < -0.39 is 0 Å². The van der Waals surface area contributed by atoms with E-state index in [4.69, 9.17) is 15.2 Å². The minimum atomic E-state index is -0.212. The molecule has 0 saturated carbocycles. The molecule has 0 saturated heterocycles. The molecule has 0 aromatic heterocycles. The van der Waals surface area contributed by atoms with E-state index in [1.165, 1.54) is 0 Å². The lowest BCUT2D eigenvalue weighted by molar-refractivity contribution is -0.120. The van der Waals surface area contributed by atoms with Crippen LogP contribution in [0, 0.1) is 0 Å². The first-order valence-electron chi connectivity index (χ1n) is 5.08. The molecule has 0 atom stereocenters. The number of carbonyl (C=O) groups excluding carboxylic acids is 1. The average molecular weight is 303 g/mol. The minimum absolute atomic E-state index is 0.000842. The third-order valence-corrected chi connectivity index (χ3v) is 2.55. The summed E-state index contributed by atoms with van der Waals surface area (Å²) in [5.74, 6) is 0.498. The zero-order valence-corrected chi connectivity index (χ0v) is 11.1. The van der Waals surface area contributed by atoms with Crippen LogP contribution in [0.1, 0.15) is 0 Å². The summed E-state index contributed by atoms with van der Waals surface area (Å²) in [5, 5.41) is 2.70. The summed E-state index contributed by atoms with van der Waals surface area (Å²) in [6.07, 6.45) is 0. The van der Waals surface area contributed by atoms with E-state index in [-0.39, 0.29) is 12.5 Å². The monoisotopic (exact) mass is 302 g/mol. The molecule has 0 heterocycles. The van der Waals surface area contributed by atoms with E-state index in [1.807, 2.05) is 0 Å². The Bertz CT molecular complexity index is 385. The predicted molar refractivity (Wildman–Crippen MR) is 69.2 cm³/mol. The fourth-order valence-corrected chi connectivity index (χ4v) is 1.73. The van der Waals surface area contributed by atoms with E-state index in [0.29, 0.717) is 24.6 Å². The van der Waals surface area contributed by atoms with Crippen molar-refractivity contribution in [2.75, 3.05) is 32.2 Å². The molecule has 0 spiro atoms. The van der Waals surface area contributed by atoms with Crippen molar-refractivity contribution in [1.29, 1.82) is 0 Å². The summed E-state index contributed by atoms with van der Waals surface area (Å²) >= 11 is 3.34. The van der Waals surface area contributed by atoms with E-state index >= 15 is 0 Å². The van der Waals surface area contributed by atoms with Crippen molar-refractivity contribution in [3.05, 3.63) is 22.7 Å². The van der Waals surface area contributed by atoms with Crippen LogP contribution in [0.25, 0.3) is 0 Å². The van der Waals surface area contributed by atoms with Crippen molar-refractivity contribution in [3.8, 4) is 5.75 Å². The molecule has 0 unspecified atom stereocenters. The van der Waals surface area contributed by atoms with Crippen molar-refractivity contribution >= 4 is 27.5 Å². The Hall–Kier alpha value is -1.11. The first kappa shape index (κ1) is 14.0. The molecule has 1 aromatic rings. The van der Waals surface area contributed by atoms with Gasteiger partial charge in [-0.15, -0.1) is 0 Å². The number of carbonyl (C=O) groups is 1. The molecule has 5 nitrogen and oxygen atoms in total. The molecular formula is C11H15BrN2O3. The molecule has 0 aliphatic carbocycles. The molecule has 0 bridgehead atoms. The van der Waals surface area contributed by atoms with Crippen LogP contribution >= 0.6 is 15.9 Å². The van der Waals surface area contributed by atoms with Crippen LogP contribution in [0.4, 0.5) is 5.69 Å². The summed E-state index contributed by atoms with van der Waals surface area (Å²) in [4.78, 5) is 11.4. The Morgan fingerprint density at radius 1 is 1.53 bits per heavy atom. The molecule has 0 aliphatic heterocycles. The van der Waals surface area contributed by atoms with Crippen molar-refractivity contribution in [2.24, 2.45) is 5.73 Å². The Labute approximate surface area is 108 Å². The summed E-state index contributed by atoms with van der Waals surface area (Å²) in [5.41, 5.74) is 5.92. The first-order chi connectivity index (χ1) is 8.17. The summed E-state index contributed by atoms with van der Waals surface area (Å²) in [6.45, 7) is 0.780. The van der Waals surface area contributed by atoms with Crippen LogP contribution < -0.4 is 15.8 Å². The Kier molecular flexibility index (Phi) is 5.96. The predicted octanol–water partition coefficient (Wildman–Crippen LogP) is 1.37. The van der Waals surface area contributed by atoms with Crippen molar-refractivity contribution in [2.45, 2.75) is 0 Å². The highest BCUT2D eigenvalue weighted by molar-refractivity contribution is 9.10. The SMILES string of the molecule is COc1ccc(NC(=O)COCCN)cc1Br. The van der Waals surface area contributed by atoms with E-state index in [1.54, 1.807) is 25.3 Å². The van der Waals surface area contributed by atoms with Gasteiger partial charge in [-0.3, -0.25) is 4.79 Å². The van der Waals surface area contributed by atoms with Crippen molar-refractivity contribution in [3.63, 3.8) is 0 Å². The van der Waals surface area contributed by atoms with Crippen LogP contribution in [-0.4, -0.2) is 32.8 Å². The largest absolute Gasteiger partial charge is 0.496 e. The number of hydrogen-bond donors (Lipinski definition) is 2. The van der Waals surface area contributed by atoms with Crippen LogP contribution in [0.5, 0.6) is 5.75 Å². The second-order valence-corrected chi connectivity index (χ2v) is 4.09. The lowest BCUT2D eigenvalue weighted by Crippen LogP contribution is -2.20. The van der Waals surface area contributed by atoms with Crippen LogP contribution in [-0.2, 0) is 9.53 Å². The Morgan fingerprint density at radius 3 is 2.88 bits per heavy atom. The first-order valence-corrected chi connectivity index (χ1v) is 5.88. The van der Waals surface area contributed by atoms with Crippen LogP contribution in [0.3, 0.4) is 0 Å². The molecule has 1 rings (SSSR count). The fraction of sp³-hybridized carbons (Fsp3) is 0.364. The number of benzene rings is 1. The van der Waals surface area contributed by atoms with Gasteiger partial charge in [0.1, 0.15) is 12.4 Å². The quantitative estimate of drug-likeness (QED) is 0.779. The molecule has 1 amide bonds. The van der Waals surface area contributed by atoms with Gasteiger partial charge in [0.05, 0.1) is 18.2 Å². The number of hydrogen-bond acceptors (Lipinski definition) is 4. The van der Waals surface area contributed by atoms with E-state index in [9.17, 15) is 4.79 Å². The van der Waals surface area contributed by atoms with E-state index in [0.717, 1.165) is 4.47 Å². The highest BCUT2D eigenvalue weighted by Crippen LogP contribution is 2.27. The number of rotatable bonds is 6. The summed E-state index contributed by atoms with van der Waals surface area (Å²) in [6, 6.07) is 5.28. The van der Waals surface area contributed by atoms with Gasteiger partial charge in [-0.05, 0) is 34.1 Å². The van der Waals surface area contributed by atoms with Crippen LogP contribution in [0.2, 0.25) is 0 Å². The maximum atomic E-state index is 11.4. The van der Waals surface area contributed by atoms with Gasteiger partial charge in [-0.2, -0.15) is 0 Å². The lowest BCUT2D eigenvalue weighted by Gasteiger charge is -2.08. The number of methoxy groups -OCH3 is 1. The molecule has 0 radical (unpaired) electrons. The second-order valence-electron chi connectivity index (χ2n) is 3.24. The fourth-order valence-electron chi connectivity index (χ4n) is 1.19. The molecule has 0 aliphatic rings. The van der Waals surface area contributed by atoms with Gasteiger partial charge < -0.3 is 20.5 Å². The molecule has 6 heteroatoms. The van der Waals surface area contributed by atoms with Gasteiger partial charge in [-0.25, -0.2) is 0 Å². The minimum Gasteiger partial charge on any atom is -0.496 e. The zero-order chi connectivity index (χ0) is 12.7. The Balaban J connectivity index is 2.51. The van der Waals surface area contributed by atoms with E-state index in [2.05, 4.69) is 21.2 Å². The maximum absolute atomic E-state index is 11.4. The van der Waals surface area contributed by atoms with Gasteiger partial charge in [0.15, 0.2) is 0 Å². The molecule has 94 valence electrons. The maximum Gasteiger partial charge on any atom is 0.250 e. The normalized spacial score (nSPS) is 10.1. The molecular weight excluding hydrogens is 288 g/mol. The Morgan fingerprint density at radius 2 is 2.29 bits per heavy atom. The lowest BCUT2D eigenvalue weighted by atomic mass is 10.3. The number of ether oxygens (including phenoxy) is 2. The van der Waals surface area contributed by atoms with Gasteiger partial charge in [0, 0.05) is 12.2 Å². The molecule has 3 N–H and O–H groups in total.